The van der Waals surface area contributed by atoms with Gasteiger partial charge in [-0.15, -0.1) is 0 Å². The van der Waals surface area contributed by atoms with E-state index < -0.39 is 17.8 Å². The lowest BCUT2D eigenvalue weighted by Gasteiger charge is -2.28. The van der Waals surface area contributed by atoms with Crippen LogP contribution in [0.4, 0.5) is 0 Å². The number of hydrogen-bond donors (Lipinski definition) is 1. The standard InChI is InChI=1S/C29H32N2O3/c1-30(19-11-14-22-12-5-2-6-13-22)26-21-31(20-25(26)29(33)34)28(32)27(23-15-7-3-8-16-23)24-17-9-4-10-18-24/h2-10,12-13,15-18,25-27H,11,14,19-21H2,1H3,(H,33,34). The highest BCUT2D eigenvalue weighted by atomic mass is 16.4. The predicted octanol–water partition coefficient (Wildman–Crippen LogP) is 4.29. The van der Waals surface area contributed by atoms with Crippen LogP contribution < -0.4 is 0 Å². The summed E-state index contributed by atoms with van der Waals surface area (Å²) in [6, 6.07) is 29.6. The fourth-order valence-electron chi connectivity index (χ4n) is 4.95. The number of rotatable bonds is 9. The molecule has 1 N–H and O–H groups in total. The molecule has 0 saturated carbocycles. The van der Waals surface area contributed by atoms with Crippen LogP contribution in [0, 0.1) is 5.92 Å². The summed E-state index contributed by atoms with van der Waals surface area (Å²) in [6.45, 7) is 1.44. The van der Waals surface area contributed by atoms with E-state index in [2.05, 4.69) is 17.0 Å². The first-order valence-corrected chi connectivity index (χ1v) is 11.9. The summed E-state index contributed by atoms with van der Waals surface area (Å²) in [5.74, 6) is -1.92. The predicted molar refractivity (Wildman–Crippen MR) is 134 cm³/mol. The Balaban J connectivity index is 1.49. The number of likely N-dealkylation sites (N-methyl/N-ethyl adjacent to an activating group) is 1. The Kier molecular flexibility index (Phi) is 7.76. The number of carbonyl (C=O) groups is 2. The molecule has 3 aromatic rings. The number of hydrogen-bond acceptors (Lipinski definition) is 3. The van der Waals surface area contributed by atoms with E-state index in [1.54, 1.807) is 4.90 Å². The molecule has 3 aromatic carbocycles. The number of aryl methyl sites for hydroxylation is 1. The molecule has 1 heterocycles. The van der Waals surface area contributed by atoms with Crippen LogP contribution in [-0.2, 0) is 16.0 Å². The molecule has 0 spiro atoms. The van der Waals surface area contributed by atoms with E-state index in [0.717, 1.165) is 30.5 Å². The number of nitrogens with zero attached hydrogens (tertiary/aromatic N) is 2. The van der Waals surface area contributed by atoms with Gasteiger partial charge in [-0.2, -0.15) is 0 Å². The van der Waals surface area contributed by atoms with Crippen LogP contribution in [0.5, 0.6) is 0 Å². The summed E-state index contributed by atoms with van der Waals surface area (Å²) < 4.78 is 0. The van der Waals surface area contributed by atoms with Gasteiger partial charge in [-0.25, -0.2) is 0 Å². The summed E-state index contributed by atoms with van der Waals surface area (Å²) in [5.41, 5.74) is 3.12. The summed E-state index contributed by atoms with van der Waals surface area (Å²) in [6.07, 6.45) is 1.89. The van der Waals surface area contributed by atoms with E-state index >= 15 is 0 Å². The lowest BCUT2D eigenvalue weighted by molar-refractivity contribution is -0.142. The molecule has 176 valence electrons. The number of aliphatic carboxylic acids is 1. The number of benzene rings is 3. The molecule has 1 fully saturated rings. The van der Waals surface area contributed by atoms with E-state index in [1.807, 2.05) is 85.9 Å². The van der Waals surface area contributed by atoms with Crippen LogP contribution in [-0.4, -0.2) is 59.5 Å². The maximum Gasteiger partial charge on any atom is 0.309 e. The summed E-state index contributed by atoms with van der Waals surface area (Å²) in [5, 5.41) is 9.94. The molecule has 4 rings (SSSR count). The van der Waals surface area contributed by atoms with E-state index in [1.165, 1.54) is 5.56 Å². The fourth-order valence-corrected chi connectivity index (χ4v) is 4.95. The maximum atomic E-state index is 13.8. The number of likely N-dealkylation sites (tertiary alicyclic amines) is 1. The van der Waals surface area contributed by atoms with Gasteiger partial charge in [0.15, 0.2) is 0 Å². The van der Waals surface area contributed by atoms with Crippen molar-refractivity contribution < 1.29 is 14.7 Å². The van der Waals surface area contributed by atoms with E-state index in [9.17, 15) is 14.7 Å². The van der Waals surface area contributed by atoms with Gasteiger partial charge in [0.2, 0.25) is 5.91 Å². The smallest absolute Gasteiger partial charge is 0.309 e. The van der Waals surface area contributed by atoms with Crippen LogP contribution >= 0.6 is 0 Å². The van der Waals surface area contributed by atoms with Crippen LogP contribution in [0.1, 0.15) is 29.0 Å². The molecule has 2 unspecified atom stereocenters. The Morgan fingerprint density at radius 1 is 0.882 bits per heavy atom. The van der Waals surface area contributed by atoms with Gasteiger partial charge in [0, 0.05) is 19.1 Å². The zero-order valence-electron chi connectivity index (χ0n) is 19.6. The van der Waals surface area contributed by atoms with Crippen molar-refractivity contribution in [3.05, 3.63) is 108 Å². The molecule has 34 heavy (non-hydrogen) atoms. The third kappa shape index (κ3) is 5.54. The molecular weight excluding hydrogens is 424 g/mol. The molecule has 2 atom stereocenters. The Morgan fingerprint density at radius 2 is 1.41 bits per heavy atom. The molecule has 0 bridgehead atoms. The van der Waals surface area contributed by atoms with Gasteiger partial charge in [-0.05, 0) is 43.1 Å². The van der Waals surface area contributed by atoms with Gasteiger partial charge in [-0.1, -0.05) is 91.0 Å². The van der Waals surface area contributed by atoms with Crippen molar-refractivity contribution in [3.63, 3.8) is 0 Å². The molecular formula is C29H32N2O3. The summed E-state index contributed by atoms with van der Waals surface area (Å²) in [4.78, 5) is 29.8. The molecule has 0 aromatic heterocycles. The van der Waals surface area contributed by atoms with Crippen molar-refractivity contribution in [2.75, 3.05) is 26.7 Å². The van der Waals surface area contributed by atoms with Crippen molar-refractivity contribution in [2.45, 2.75) is 24.8 Å². The lowest BCUT2D eigenvalue weighted by Crippen LogP contribution is -2.42. The van der Waals surface area contributed by atoms with Crippen LogP contribution in [0.2, 0.25) is 0 Å². The number of amides is 1. The van der Waals surface area contributed by atoms with E-state index in [0.29, 0.717) is 6.54 Å². The van der Waals surface area contributed by atoms with Gasteiger partial charge in [0.05, 0.1) is 11.8 Å². The van der Waals surface area contributed by atoms with E-state index in [4.69, 9.17) is 0 Å². The second-order valence-electron chi connectivity index (χ2n) is 9.08. The zero-order chi connectivity index (χ0) is 23.9. The van der Waals surface area contributed by atoms with E-state index in [-0.39, 0.29) is 18.5 Å². The minimum absolute atomic E-state index is 0.0381. The Labute approximate surface area is 201 Å². The molecule has 1 aliphatic heterocycles. The minimum Gasteiger partial charge on any atom is -0.481 e. The molecule has 5 heteroatoms. The van der Waals surface area contributed by atoms with Gasteiger partial charge in [0.25, 0.3) is 0 Å². The first-order chi connectivity index (χ1) is 16.5. The van der Waals surface area contributed by atoms with Crippen molar-refractivity contribution in [1.82, 2.24) is 9.80 Å². The van der Waals surface area contributed by atoms with Crippen molar-refractivity contribution in [3.8, 4) is 0 Å². The van der Waals surface area contributed by atoms with Crippen molar-refractivity contribution >= 4 is 11.9 Å². The second-order valence-corrected chi connectivity index (χ2v) is 9.08. The molecule has 5 nitrogen and oxygen atoms in total. The normalized spacial score (nSPS) is 17.9. The van der Waals surface area contributed by atoms with Crippen molar-refractivity contribution in [2.24, 2.45) is 5.92 Å². The second kappa shape index (κ2) is 11.1. The Hall–Kier alpha value is -3.44. The SMILES string of the molecule is CN(CCCc1ccccc1)C1CN(C(=O)C(c2ccccc2)c2ccccc2)CC1C(=O)O. The van der Waals surface area contributed by atoms with Crippen LogP contribution in [0.25, 0.3) is 0 Å². The number of carboxylic acids is 1. The van der Waals surface area contributed by atoms with Gasteiger partial charge in [0.1, 0.15) is 0 Å². The molecule has 1 aliphatic rings. The fraction of sp³-hybridized carbons (Fsp3) is 0.310. The van der Waals surface area contributed by atoms with Gasteiger partial charge in [-0.3, -0.25) is 9.59 Å². The minimum atomic E-state index is -0.841. The van der Waals surface area contributed by atoms with Gasteiger partial charge < -0.3 is 14.9 Å². The highest BCUT2D eigenvalue weighted by molar-refractivity contribution is 5.88. The highest BCUT2D eigenvalue weighted by Crippen LogP contribution is 2.31. The number of carboxylic acid groups (broad SMARTS) is 1. The largest absolute Gasteiger partial charge is 0.481 e. The number of carbonyl (C=O) groups excluding carboxylic acids is 1. The Bertz CT molecular complexity index is 1030. The molecule has 1 amide bonds. The molecule has 1 saturated heterocycles. The quantitative estimate of drug-likeness (QED) is 0.522. The molecule has 0 aliphatic carbocycles. The molecule has 0 radical (unpaired) electrons. The third-order valence-corrected chi connectivity index (χ3v) is 6.82. The Morgan fingerprint density at radius 3 is 1.94 bits per heavy atom. The van der Waals surface area contributed by atoms with Crippen LogP contribution in [0.3, 0.4) is 0 Å². The summed E-state index contributed by atoms with van der Waals surface area (Å²) in [7, 11) is 1.98. The first kappa shape index (κ1) is 23.7. The summed E-state index contributed by atoms with van der Waals surface area (Å²) >= 11 is 0. The third-order valence-electron chi connectivity index (χ3n) is 6.82. The zero-order valence-corrected chi connectivity index (χ0v) is 19.6. The topological polar surface area (TPSA) is 60.9 Å². The average Bonchev–Trinajstić information content (AvgIpc) is 3.32. The van der Waals surface area contributed by atoms with Crippen molar-refractivity contribution in [1.29, 1.82) is 0 Å². The highest BCUT2D eigenvalue weighted by Gasteiger charge is 2.43. The van der Waals surface area contributed by atoms with Crippen LogP contribution in [0.15, 0.2) is 91.0 Å². The lowest BCUT2D eigenvalue weighted by atomic mass is 9.90. The van der Waals surface area contributed by atoms with Gasteiger partial charge >= 0.3 is 5.97 Å². The first-order valence-electron chi connectivity index (χ1n) is 11.9. The maximum absolute atomic E-state index is 13.8. The average molecular weight is 457 g/mol. The monoisotopic (exact) mass is 456 g/mol.